The van der Waals surface area contributed by atoms with Crippen LogP contribution in [0.1, 0.15) is 61.8 Å². The second-order valence-corrected chi connectivity index (χ2v) is 18.3. The standard InChI is InChI=1S/C47H48O9S2/c1-33(2)37-17-13-35(14-18-37)29-53-40-21-25-42(26-22-40)57(49,50)46-11-7-5-9-44(46)55-31-39(48)32-56-45-10-6-8-12-47(45)58(51,52)43-27-23-41(24-28-43)54-30-36-15-19-38(20-16-36)34(3)4/h5-28,33-34,39,48H,29-32H2,1-4H3. The van der Waals surface area contributed by atoms with Crippen molar-refractivity contribution in [1.29, 1.82) is 0 Å². The molecule has 0 spiro atoms. The Bertz CT molecular complexity index is 2300. The van der Waals surface area contributed by atoms with Crippen molar-refractivity contribution in [2.75, 3.05) is 13.2 Å². The molecule has 0 aliphatic heterocycles. The van der Waals surface area contributed by atoms with Gasteiger partial charge in [0.05, 0.1) is 9.79 Å². The maximum atomic E-state index is 13.7. The highest BCUT2D eigenvalue weighted by atomic mass is 32.2. The van der Waals surface area contributed by atoms with Gasteiger partial charge in [0.1, 0.15) is 65.3 Å². The molecule has 9 nitrogen and oxygen atoms in total. The molecule has 6 aromatic carbocycles. The molecule has 0 atom stereocenters. The molecule has 0 unspecified atom stereocenters. The third-order valence-corrected chi connectivity index (χ3v) is 13.1. The summed E-state index contributed by atoms with van der Waals surface area (Å²) in [7, 11) is -8.02. The number of hydrogen-bond acceptors (Lipinski definition) is 9. The summed E-state index contributed by atoms with van der Waals surface area (Å²) in [5.74, 6) is 2.01. The van der Waals surface area contributed by atoms with Gasteiger partial charge >= 0.3 is 0 Å². The highest BCUT2D eigenvalue weighted by Crippen LogP contribution is 2.32. The predicted octanol–water partition coefficient (Wildman–Crippen LogP) is 9.58. The number of ether oxygens (including phenoxy) is 4. The van der Waals surface area contributed by atoms with E-state index in [0.717, 1.165) is 11.1 Å². The molecule has 0 aliphatic carbocycles. The molecule has 1 N–H and O–H groups in total. The first-order valence-electron chi connectivity index (χ1n) is 19.1. The fraction of sp³-hybridized carbons (Fsp3) is 0.234. The molecule has 0 aromatic heterocycles. The predicted molar refractivity (Wildman–Crippen MR) is 223 cm³/mol. The summed E-state index contributed by atoms with van der Waals surface area (Å²) in [4.78, 5) is -0.0489. The molecule has 6 aromatic rings. The van der Waals surface area contributed by atoms with Crippen LogP contribution in [0.5, 0.6) is 23.0 Å². The number of hydrogen-bond donors (Lipinski definition) is 1. The minimum absolute atomic E-state index is 0.0474. The Balaban J connectivity index is 1.04. The van der Waals surface area contributed by atoms with Crippen molar-refractivity contribution in [2.45, 2.75) is 78.4 Å². The van der Waals surface area contributed by atoms with Crippen LogP contribution < -0.4 is 18.9 Å². The summed E-state index contributed by atoms with van der Waals surface area (Å²) in [6, 6.07) is 41.0. The summed E-state index contributed by atoms with van der Waals surface area (Å²) in [5.41, 5.74) is 4.48. The van der Waals surface area contributed by atoms with Gasteiger partial charge < -0.3 is 24.1 Å². The van der Waals surface area contributed by atoms with Crippen LogP contribution in [0.25, 0.3) is 0 Å². The normalized spacial score (nSPS) is 11.9. The second kappa shape index (κ2) is 18.8. The number of para-hydroxylation sites is 2. The summed E-state index contributed by atoms with van der Waals surface area (Å²) < 4.78 is 78.2. The Hall–Kier alpha value is -5.62. The van der Waals surface area contributed by atoms with Gasteiger partial charge in [-0.25, -0.2) is 16.8 Å². The maximum Gasteiger partial charge on any atom is 0.210 e. The minimum atomic E-state index is -4.01. The van der Waals surface area contributed by atoms with E-state index >= 15 is 0 Å². The Kier molecular flexibility index (Phi) is 13.6. The van der Waals surface area contributed by atoms with E-state index in [4.69, 9.17) is 18.9 Å². The quantitative estimate of drug-likeness (QED) is 0.0903. The third kappa shape index (κ3) is 10.5. The van der Waals surface area contributed by atoms with Gasteiger partial charge in [0.15, 0.2) is 0 Å². The van der Waals surface area contributed by atoms with Crippen LogP contribution in [-0.2, 0) is 32.9 Å². The van der Waals surface area contributed by atoms with Crippen LogP contribution in [0.15, 0.2) is 165 Å². The highest BCUT2D eigenvalue weighted by molar-refractivity contribution is 7.92. The van der Waals surface area contributed by atoms with E-state index in [2.05, 4.69) is 52.0 Å². The zero-order valence-electron chi connectivity index (χ0n) is 32.9. The molecule has 58 heavy (non-hydrogen) atoms. The molecular weight excluding hydrogens is 773 g/mol. The van der Waals surface area contributed by atoms with Crippen molar-refractivity contribution in [3.8, 4) is 23.0 Å². The Morgan fingerprint density at radius 1 is 0.448 bits per heavy atom. The Morgan fingerprint density at radius 3 is 1.14 bits per heavy atom. The molecule has 0 amide bonds. The van der Waals surface area contributed by atoms with Gasteiger partial charge in [-0.1, -0.05) is 100 Å². The van der Waals surface area contributed by atoms with Crippen molar-refractivity contribution in [3.05, 3.63) is 168 Å². The number of sulfone groups is 2. The molecule has 0 fully saturated rings. The van der Waals surface area contributed by atoms with Gasteiger partial charge in [-0.3, -0.25) is 0 Å². The SMILES string of the molecule is CC(C)c1ccc(COc2ccc(S(=O)(=O)c3ccccc3OCC(O)COc3ccccc3S(=O)(=O)c3ccc(OCc4ccc(C(C)C)cc4)cc3)cc2)cc1. The first-order valence-corrected chi connectivity index (χ1v) is 22.0. The monoisotopic (exact) mass is 820 g/mol. The topological polar surface area (TPSA) is 125 Å². The second-order valence-electron chi connectivity index (χ2n) is 14.5. The van der Waals surface area contributed by atoms with Crippen LogP contribution in [0.3, 0.4) is 0 Å². The van der Waals surface area contributed by atoms with Gasteiger partial charge in [-0.2, -0.15) is 0 Å². The van der Waals surface area contributed by atoms with E-state index in [0.29, 0.717) is 36.5 Å². The lowest BCUT2D eigenvalue weighted by Crippen LogP contribution is -2.26. The summed E-state index contributed by atoms with van der Waals surface area (Å²) in [6.07, 6.45) is -1.23. The average molecular weight is 821 g/mol. The van der Waals surface area contributed by atoms with Crippen LogP contribution >= 0.6 is 0 Å². The van der Waals surface area contributed by atoms with E-state index in [9.17, 15) is 21.9 Å². The van der Waals surface area contributed by atoms with Crippen LogP contribution in [0, 0.1) is 0 Å². The van der Waals surface area contributed by atoms with Crippen LogP contribution in [0.4, 0.5) is 0 Å². The smallest absolute Gasteiger partial charge is 0.210 e. The maximum absolute atomic E-state index is 13.7. The van der Waals surface area contributed by atoms with Crippen LogP contribution in [-0.4, -0.2) is 41.3 Å². The molecule has 0 heterocycles. The fourth-order valence-electron chi connectivity index (χ4n) is 6.02. The summed E-state index contributed by atoms with van der Waals surface area (Å²) >= 11 is 0. The first kappa shape index (κ1) is 42.0. The number of aliphatic hydroxyl groups is 1. The molecule has 0 saturated heterocycles. The molecule has 0 saturated carbocycles. The van der Waals surface area contributed by atoms with E-state index in [1.165, 1.54) is 59.7 Å². The van der Waals surface area contributed by atoms with Crippen molar-refractivity contribution in [3.63, 3.8) is 0 Å². The highest BCUT2D eigenvalue weighted by Gasteiger charge is 2.25. The summed E-state index contributed by atoms with van der Waals surface area (Å²) in [6.45, 7) is 8.58. The van der Waals surface area contributed by atoms with Gasteiger partial charge in [0.25, 0.3) is 0 Å². The van der Waals surface area contributed by atoms with Gasteiger partial charge in [-0.05, 0) is 107 Å². The third-order valence-electron chi connectivity index (χ3n) is 9.51. The first-order chi connectivity index (χ1) is 27.8. The van der Waals surface area contributed by atoms with Crippen molar-refractivity contribution < 1.29 is 40.9 Å². The zero-order chi connectivity index (χ0) is 41.3. The average Bonchev–Trinajstić information content (AvgIpc) is 3.24. The van der Waals surface area contributed by atoms with E-state index < -0.39 is 25.8 Å². The molecule has 0 radical (unpaired) electrons. The lowest BCUT2D eigenvalue weighted by Gasteiger charge is -2.17. The zero-order valence-corrected chi connectivity index (χ0v) is 34.6. The molecular formula is C47H48O9S2. The molecule has 0 aliphatic rings. The Labute approximate surface area is 341 Å². The lowest BCUT2D eigenvalue weighted by atomic mass is 10.0. The number of rotatable bonds is 18. The largest absolute Gasteiger partial charge is 0.489 e. The van der Waals surface area contributed by atoms with Crippen molar-refractivity contribution >= 4 is 19.7 Å². The van der Waals surface area contributed by atoms with Gasteiger partial charge in [0, 0.05) is 0 Å². The fourth-order valence-corrected chi connectivity index (χ4v) is 8.81. The van der Waals surface area contributed by atoms with E-state index in [1.807, 2.05) is 24.3 Å². The lowest BCUT2D eigenvalue weighted by molar-refractivity contribution is 0.0606. The van der Waals surface area contributed by atoms with Crippen LogP contribution in [0.2, 0.25) is 0 Å². The molecule has 11 heteroatoms. The Morgan fingerprint density at radius 2 is 0.793 bits per heavy atom. The molecule has 302 valence electrons. The number of aliphatic hydroxyl groups excluding tert-OH is 1. The van der Waals surface area contributed by atoms with Crippen molar-refractivity contribution in [1.82, 2.24) is 0 Å². The van der Waals surface area contributed by atoms with Gasteiger partial charge in [0.2, 0.25) is 19.7 Å². The van der Waals surface area contributed by atoms with Crippen molar-refractivity contribution in [2.24, 2.45) is 0 Å². The minimum Gasteiger partial charge on any atom is -0.489 e. The van der Waals surface area contributed by atoms with Gasteiger partial charge in [-0.15, -0.1) is 0 Å². The number of benzene rings is 6. The van der Waals surface area contributed by atoms with E-state index in [-0.39, 0.29) is 44.3 Å². The van der Waals surface area contributed by atoms with E-state index in [1.54, 1.807) is 48.5 Å². The molecule has 0 bridgehead atoms. The summed E-state index contributed by atoms with van der Waals surface area (Å²) in [5, 5.41) is 10.8. The molecule has 6 rings (SSSR count).